The number of amides is 1. The second kappa shape index (κ2) is 7.13. The van der Waals surface area contributed by atoms with Gasteiger partial charge < -0.3 is 9.84 Å². The third kappa shape index (κ3) is 3.91. The summed E-state index contributed by atoms with van der Waals surface area (Å²) in [6.07, 6.45) is 5.43. The third-order valence-corrected chi connectivity index (χ3v) is 4.46. The van der Waals surface area contributed by atoms with Crippen LogP contribution in [0.5, 0.6) is 0 Å². The molecule has 0 spiro atoms. The standard InChI is InChI=1S/C17H20ClN3O2/c1-11(19-16(22)12-6-3-2-4-7-12)17-20-15(21-23-17)13-8-5-9-14(18)10-13/h5,8-12H,2-4,6-7H2,1H3,(H,19,22). The molecule has 0 aliphatic heterocycles. The van der Waals surface area contributed by atoms with Crippen molar-refractivity contribution in [1.29, 1.82) is 0 Å². The molecular formula is C17H20ClN3O2. The summed E-state index contributed by atoms with van der Waals surface area (Å²) in [6, 6.07) is 6.97. The van der Waals surface area contributed by atoms with Crippen molar-refractivity contribution in [3.05, 3.63) is 35.2 Å². The summed E-state index contributed by atoms with van der Waals surface area (Å²) in [6.45, 7) is 1.86. The zero-order chi connectivity index (χ0) is 16.2. The molecule has 1 aliphatic carbocycles. The molecule has 5 nitrogen and oxygen atoms in total. The number of hydrogen-bond acceptors (Lipinski definition) is 4. The molecule has 0 bridgehead atoms. The fourth-order valence-electron chi connectivity index (χ4n) is 2.91. The summed E-state index contributed by atoms with van der Waals surface area (Å²) in [5.41, 5.74) is 0.790. The summed E-state index contributed by atoms with van der Waals surface area (Å²) in [7, 11) is 0. The minimum absolute atomic E-state index is 0.0831. The number of nitrogens with one attached hydrogen (secondary N) is 1. The van der Waals surface area contributed by atoms with Gasteiger partial charge >= 0.3 is 0 Å². The lowest BCUT2D eigenvalue weighted by molar-refractivity contribution is -0.126. The van der Waals surface area contributed by atoms with Crippen molar-refractivity contribution in [1.82, 2.24) is 15.5 Å². The Kier molecular flexibility index (Phi) is 4.96. The predicted molar refractivity (Wildman–Crippen MR) is 87.9 cm³/mol. The molecule has 1 aromatic carbocycles. The van der Waals surface area contributed by atoms with Crippen molar-refractivity contribution in [2.45, 2.75) is 45.1 Å². The van der Waals surface area contributed by atoms with E-state index in [1.807, 2.05) is 19.1 Å². The van der Waals surface area contributed by atoms with Crippen molar-refractivity contribution < 1.29 is 9.32 Å². The van der Waals surface area contributed by atoms with Crippen LogP contribution in [0.2, 0.25) is 5.02 Å². The van der Waals surface area contributed by atoms with Gasteiger partial charge in [-0.25, -0.2) is 0 Å². The van der Waals surface area contributed by atoms with E-state index in [0.717, 1.165) is 31.2 Å². The number of aromatic nitrogens is 2. The Labute approximate surface area is 140 Å². The number of benzene rings is 1. The van der Waals surface area contributed by atoms with Crippen LogP contribution in [-0.2, 0) is 4.79 Å². The SMILES string of the molecule is CC(NC(=O)C1CCCCC1)c1nc(-c2cccc(Cl)c2)no1. The van der Waals surface area contributed by atoms with Crippen molar-refractivity contribution in [2.24, 2.45) is 5.92 Å². The summed E-state index contributed by atoms with van der Waals surface area (Å²) in [5, 5.41) is 7.57. The fraction of sp³-hybridized carbons (Fsp3) is 0.471. The van der Waals surface area contributed by atoms with Gasteiger partial charge in [0.05, 0.1) is 0 Å². The van der Waals surface area contributed by atoms with Crippen molar-refractivity contribution in [3.8, 4) is 11.4 Å². The van der Waals surface area contributed by atoms with Gasteiger partial charge in [0.25, 0.3) is 0 Å². The van der Waals surface area contributed by atoms with E-state index in [0.29, 0.717) is 16.7 Å². The normalized spacial score (nSPS) is 17.0. The highest BCUT2D eigenvalue weighted by molar-refractivity contribution is 6.30. The van der Waals surface area contributed by atoms with Crippen LogP contribution >= 0.6 is 11.6 Å². The van der Waals surface area contributed by atoms with Crippen LogP contribution in [0.4, 0.5) is 0 Å². The molecule has 0 radical (unpaired) electrons. The maximum Gasteiger partial charge on any atom is 0.249 e. The number of nitrogens with zero attached hydrogens (tertiary/aromatic N) is 2. The fourth-order valence-corrected chi connectivity index (χ4v) is 3.10. The first-order valence-electron chi connectivity index (χ1n) is 8.03. The van der Waals surface area contributed by atoms with Crippen molar-refractivity contribution in [3.63, 3.8) is 0 Å². The highest BCUT2D eigenvalue weighted by atomic mass is 35.5. The van der Waals surface area contributed by atoms with E-state index in [4.69, 9.17) is 16.1 Å². The van der Waals surface area contributed by atoms with Gasteiger partial charge in [-0.05, 0) is 31.9 Å². The van der Waals surface area contributed by atoms with E-state index in [9.17, 15) is 4.79 Å². The van der Waals surface area contributed by atoms with Crippen molar-refractivity contribution >= 4 is 17.5 Å². The minimum atomic E-state index is -0.301. The highest BCUT2D eigenvalue weighted by Crippen LogP contribution is 2.25. The van der Waals surface area contributed by atoms with E-state index in [-0.39, 0.29) is 17.9 Å². The third-order valence-electron chi connectivity index (χ3n) is 4.23. The van der Waals surface area contributed by atoms with Crippen molar-refractivity contribution in [2.75, 3.05) is 0 Å². The van der Waals surface area contributed by atoms with Gasteiger partial charge in [-0.1, -0.05) is 48.2 Å². The second-order valence-electron chi connectivity index (χ2n) is 6.03. The van der Waals surface area contributed by atoms with Gasteiger partial charge in [0.1, 0.15) is 6.04 Å². The van der Waals surface area contributed by atoms with E-state index in [1.165, 1.54) is 6.42 Å². The Morgan fingerprint density at radius 1 is 1.35 bits per heavy atom. The van der Waals surface area contributed by atoms with E-state index in [1.54, 1.807) is 12.1 Å². The topological polar surface area (TPSA) is 68.0 Å². The molecule has 1 heterocycles. The zero-order valence-electron chi connectivity index (χ0n) is 13.1. The molecule has 23 heavy (non-hydrogen) atoms. The number of halogens is 1. The monoisotopic (exact) mass is 333 g/mol. The van der Waals surface area contributed by atoms with Crippen LogP contribution in [0.1, 0.15) is 51.0 Å². The summed E-state index contributed by atoms with van der Waals surface area (Å²) in [4.78, 5) is 16.7. The maximum absolute atomic E-state index is 12.3. The van der Waals surface area contributed by atoms with Crippen LogP contribution in [0.25, 0.3) is 11.4 Å². The molecule has 1 unspecified atom stereocenters. The molecule has 1 aromatic heterocycles. The Morgan fingerprint density at radius 3 is 2.87 bits per heavy atom. The van der Waals surface area contributed by atoms with E-state index < -0.39 is 0 Å². The molecule has 0 saturated heterocycles. The molecule has 1 fully saturated rings. The highest BCUT2D eigenvalue weighted by Gasteiger charge is 2.24. The lowest BCUT2D eigenvalue weighted by Gasteiger charge is -2.22. The average Bonchev–Trinajstić information content (AvgIpc) is 3.06. The van der Waals surface area contributed by atoms with Gasteiger partial charge in [0, 0.05) is 16.5 Å². The minimum Gasteiger partial charge on any atom is -0.344 e. The number of carbonyl (C=O) groups excluding carboxylic acids is 1. The summed E-state index contributed by atoms with van der Waals surface area (Å²) in [5.74, 6) is 1.08. The van der Waals surface area contributed by atoms with Gasteiger partial charge in [-0.15, -0.1) is 0 Å². The Bertz CT molecular complexity index is 680. The van der Waals surface area contributed by atoms with Gasteiger partial charge in [-0.2, -0.15) is 4.98 Å². The first kappa shape index (κ1) is 16.0. The van der Waals surface area contributed by atoms with Crippen LogP contribution < -0.4 is 5.32 Å². The molecule has 1 N–H and O–H groups in total. The molecule has 2 aromatic rings. The maximum atomic E-state index is 12.3. The Balaban J connectivity index is 1.66. The first-order chi connectivity index (χ1) is 11.1. The van der Waals surface area contributed by atoms with E-state index >= 15 is 0 Å². The average molecular weight is 334 g/mol. The zero-order valence-corrected chi connectivity index (χ0v) is 13.8. The quantitative estimate of drug-likeness (QED) is 0.912. The smallest absolute Gasteiger partial charge is 0.249 e. The van der Waals surface area contributed by atoms with Crippen LogP contribution in [-0.4, -0.2) is 16.0 Å². The second-order valence-corrected chi connectivity index (χ2v) is 6.47. The van der Waals surface area contributed by atoms with Crippen LogP contribution in [0.15, 0.2) is 28.8 Å². The number of hydrogen-bond donors (Lipinski definition) is 1. The Hall–Kier alpha value is -1.88. The molecule has 1 amide bonds. The molecule has 1 aliphatic rings. The van der Waals surface area contributed by atoms with Crippen LogP contribution in [0, 0.1) is 5.92 Å². The molecule has 3 rings (SSSR count). The van der Waals surface area contributed by atoms with Gasteiger partial charge in [0.2, 0.25) is 17.6 Å². The molecule has 6 heteroatoms. The molecular weight excluding hydrogens is 314 g/mol. The van der Waals surface area contributed by atoms with Crippen LogP contribution in [0.3, 0.4) is 0 Å². The Morgan fingerprint density at radius 2 is 2.13 bits per heavy atom. The first-order valence-corrected chi connectivity index (χ1v) is 8.41. The summed E-state index contributed by atoms with van der Waals surface area (Å²) < 4.78 is 5.29. The predicted octanol–water partition coefficient (Wildman–Crippen LogP) is 4.15. The number of carbonyl (C=O) groups is 1. The molecule has 1 saturated carbocycles. The number of rotatable bonds is 4. The molecule has 122 valence electrons. The van der Waals surface area contributed by atoms with Gasteiger partial charge in [0.15, 0.2) is 0 Å². The lowest BCUT2D eigenvalue weighted by atomic mass is 9.88. The largest absolute Gasteiger partial charge is 0.344 e. The summed E-state index contributed by atoms with van der Waals surface area (Å²) >= 11 is 5.98. The molecule has 1 atom stereocenters. The van der Waals surface area contributed by atoms with Gasteiger partial charge in [-0.3, -0.25) is 4.79 Å². The lowest BCUT2D eigenvalue weighted by Crippen LogP contribution is -2.33. The van der Waals surface area contributed by atoms with E-state index in [2.05, 4.69) is 15.5 Å².